The minimum absolute atomic E-state index is 0.00359. The van der Waals surface area contributed by atoms with Gasteiger partial charge < -0.3 is 10.1 Å². The molecule has 0 saturated carbocycles. The van der Waals surface area contributed by atoms with Crippen LogP contribution in [0.2, 0.25) is 0 Å². The van der Waals surface area contributed by atoms with Crippen molar-refractivity contribution in [3.63, 3.8) is 0 Å². The molecule has 0 aliphatic heterocycles. The first-order valence-corrected chi connectivity index (χ1v) is 6.31. The zero-order chi connectivity index (χ0) is 15.0. The maximum absolute atomic E-state index is 11.8. The minimum atomic E-state index is -1.17. The Morgan fingerprint density at radius 1 is 1.60 bits per heavy atom. The number of hydrogen-bond acceptors (Lipinski definition) is 5. The van der Waals surface area contributed by atoms with Crippen LogP contribution >= 0.6 is 22.6 Å². The first-order chi connectivity index (χ1) is 9.58. The van der Waals surface area contributed by atoms with Crippen molar-refractivity contribution < 1.29 is 14.5 Å². The van der Waals surface area contributed by atoms with Crippen molar-refractivity contribution in [2.75, 3.05) is 6.61 Å². The van der Waals surface area contributed by atoms with Crippen molar-refractivity contribution in [1.82, 2.24) is 5.32 Å². The largest absolute Gasteiger partial charge is 0.332 e. The summed E-state index contributed by atoms with van der Waals surface area (Å²) >= 11 is 1.82. The van der Waals surface area contributed by atoms with Gasteiger partial charge in [0, 0.05) is 40.3 Å². The van der Waals surface area contributed by atoms with Crippen LogP contribution in [0.1, 0.15) is 10.4 Å². The first kappa shape index (κ1) is 15.9. The number of amides is 1. The molecule has 1 amide bonds. The number of halogens is 1. The summed E-state index contributed by atoms with van der Waals surface area (Å²) in [4.78, 5) is 21.8. The number of nitro benzene ring substituents is 1. The van der Waals surface area contributed by atoms with Gasteiger partial charge >= 0.3 is 0 Å². The van der Waals surface area contributed by atoms with Crippen molar-refractivity contribution in [3.8, 4) is 15.9 Å². The molecule has 1 unspecified atom stereocenters. The Balaban J connectivity index is 2.74. The highest BCUT2D eigenvalue weighted by atomic mass is 127. The monoisotopic (exact) mass is 385 g/mol. The Morgan fingerprint density at radius 2 is 2.35 bits per heavy atom. The second-order valence-electron chi connectivity index (χ2n) is 3.37. The number of nitrogens with zero attached hydrogens (tertiary/aromatic N) is 2. The van der Waals surface area contributed by atoms with Crippen LogP contribution in [0.25, 0.3) is 0 Å². The van der Waals surface area contributed by atoms with Crippen molar-refractivity contribution in [1.29, 1.82) is 5.26 Å². The number of carbonyl (C=O) groups is 1. The van der Waals surface area contributed by atoms with Crippen molar-refractivity contribution >= 4 is 34.2 Å². The van der Waals surface area contributed by atoms with Crippen LogP contribution in [-0.4, -0.2) is 23.7 Å². The second-order valence-corrected chi connectivity index (χ2v) is 3.91. The summed E-state index contributed by atoms with van der Waals surface area (Å²) in [5.74, 6) is 1.94. The summed E-state index contributed by atoms with van der Waals surface area (Å²) in [6.07, 6.45) is -1.17. The van der Waals surface area contributed by atoms with Crippen LogP contribution in [0.4, 0.5) is 5.69 Å². The summed E-state index contributed by atoms with van der Waals surface area (Å²) < 4.78 is 7.55. The molecule has 0 aliphatic carbocycles. The standard InChI is InChI=1S/C12H8IN3O4/c13-5-2-6-20-11(8-14)15-12(17)9-3-1-4-10(7-9)16(18)19/h1,3-4,7,11H,6H2,(H,15,17). The third-order valence-electron chi connectivity index (χ3n) is 2.09. The predicted octanol–water partition coefficient (Wildman–Crippen LogP) is 1.59. The quantitative estimate of drug-likeness (QED) is 0.273. The highest BCUT2D eigenvalue weighted by molar-refractivity contribution is 14.1. The van der Waals surface area contributed by atoms with E-state index < -0.39 is 17.1 Å². The van der Waals surface area contributed by atoms with Gasteiger partial charge in [0.25, 0.3) is 11.6 Å². The number of nitro groups is 1. The van der Waals surface area contributed by atoms with E-state index >= 15 is 0 Å². The Bertz CT molecular complexity index is 615. The van der Waals surface area contributed by atoms with Gasteiger partial charge in [-0.15, -0.1) is 0 Å². The molecule has 1 atom stereocenters. The fourth-order valence-electron chi connectivity index (χ4n) is 1.23. The molecule has 8 heteroatoms. The summed E-state index contributed by atoms with van der Waals surface area (Å²) in [6, 6.07) is 6.92. The van der Waals surface area contributed by atoms with Gasteiger partial charge in [-0.05, 0) is 9.99 Å². The Hall–Kier alpha value is -2.17. The topological polar surface area (TPSA) is 105 Å². The maximum Gasteiger partial charge on any atom is 0.270 e. The smallest absolute Gasteiger partial charge is 0.270 e. The average Bonchev–Trinajstić information content (AvgIpc) is 2.46. The molecule has 20 heavy (non-hydrogen) atoms. The van der Waals surface area contributed by atoms with Crippen LogP contribution in [0, 0.1) is 31.3 Å². The number of non-ortho nitro benzene ring substituents is 1. The number of hydrogen-bond donors (Lipinski definition) is 1. The fourth-order valence-corrected chi connectivity index (χ4v) is 1.38. The maximum atomic E-state index is 11.8. The van der Waals surface area contributed by atoms with E-state index in [9.17, 15) is 14.9 Å². The summed E-state index contributed by atoms with van der Waals surface area (Å²) in [7, 11) is 0. The fraction of sp³-hybridized carbons (Fsp3) is 0.167. The molecule has 0 heterocycles. The van der Waals surface area contributed by atoms with Gasteiger partial charge in [0.1, 0.15) is 12.7 Å². The molecule has 1 N–H and O–H groups in total. The van der Waals surface area contributed by atoms with Crippen LogP contribution in [0.5, 0.6) is 0 Å². The number of benzene rings is 1. The van der Waals surface area contributed by atoms with E-state index in [4.69, 9.17) is 10.00 Å². The molecule has 1 aromatic carbocycles. The van der Waals surface area contributed by atoms with Gasteiger partial charge in [0.2, 0.25) is 6.23 Å². The van der Waals surface area contributed by atoms with Crippen molar-refractivity contribution in [3.05, 3.63) is 39.9 Å². The van der Waals surface area contributed by atoms with Gasteiger partial charge in [-0.1, -0.05) is 12.0 Å². The molecule has 0 aliphatic rings. The zero-order valence-electron chi connectivity index (χ0n) is 10.00. The number of nitriles is 1. The average molecular weight is 385 g/mol. The third-order valence-corrected chi connectivity index (χ3v) is 2.47. The molecule has 1 rings (SSSR count). The Kier molecular flexibility index (Phi) is 6.43. The summed E-state index contributed by atoms with van der Waals surface area (Å²) in [6.45, 7) is -0.00359. The lowest BCUT2D eigenvalue weighted by molar-refractivity contribution is -0.384. The normalized spacial score (nSPS) is 10.6. The highest BCUT2D eigenvalue weighted by Crippen LogP contribution is 2.13. The lowest BCUT2D eigenvalue weighted by Gasteiger charge is -2.10. The minimum Gasteiger partial charge on any atom is -0.332 e. The molecule has 0 saturated heterocycles. The molecule has 0 aromatic heterocycles. The van der Waals surface area contributed by atoms with E-state index in [-0.39, 0.29) is 17.9 Å². The molecule has 0 radical (unpaired) electrons. The Labute approximate surface area is 128 Å². The van der Waals surface area contributed by atoms with E-state index in [1.54, 1.807) is 6.07 Å². The zero-order valence-corrected chi connectivity index (χ0v) is 12.2. The van der Waals surface area contributed by atoms with Gasteiger partial charge in [-0.3, -0.25) is 14.9 Å². The highest BCUT2D eigenvalue weighted by Gasteiger charge is 2.15. The second kappa shape index (κ2) is 8.09. The number of rotatable bonds is 5. The Morgan fingerprint density at radius 3 is 2.95 bits per heavy atom. The SMILES string of the molecule is N#CC(NC(=O)c1cccc([N+](=O)[O-])c1)OCC#CI. The van der Waals surface area contributed by atoms with Gasteiger partial charge in [0.15, 0.2) is 0 Å². The summed E-state index contributed by atoms with van der Waals surface area (Å²) in [5, 5.41) is 21.7. The van der Waals surface area contributed by atoms with E-state index in [2.05, 4.69) is 15.2 Å². The van der Waals surface area contributed by atoms with Crippen molar-refractivity contribution in [2.24, 2.45) is 0 Å². The van der Waals surface area contributed by atoms with E-state index in [1.807, 2.05) is 22.6 Å². The molecule has 0 bridgehead atoms. The van der Waals surface area contributed by atoms with Crippen LogP contribution in [0.15, 0.2) is 24.3 Å². The van der Waals surface area contributed by atoms with E-state index in [1.165, 1.54) is 18.2 Å². The molecule has 102 valence electrons. The predicted molar refractivity (Wildman–Crippen MR) is 77.7 cm³/mol. The number of ether oxygens (including phenoxy) is 1. The first-order valence-electron chi connectivity index (χ1n) is 5.23. The molecular formula is C12H8IN3O4. The van der Waals surface area contributed by atoms with Crippen LogP contribution in [0.3, 0.4) is 0 Å². The molecule has 0 spiro atoms. The summed E-state index contributed by atoms with van der Waals surface area (Å²) in [5.41, 5.74) is -0.133. The van der Waals surface area contributed by atoms with Crippen LogP contribution < -0.4 is 5.32 Å². The van der Waals surface area contributed by atoms with Gasteiger partial charge in [-0.2, -0.15) is 5.26 Å². The van der Waals surface area contributed by atoms with Crippen molar-refractivity contribution in [2.45, 2.75) is 6.23 Å². The molecular weight excluding hydrogens is 377 g/mol. The number of nitrogens with one attached hydrogen (secondary N) is 1. The third kappa shape index (κ3) is 4.84. The molecule has 1 aromatic rings. The lowest BCUT2D eigenvalue weighted by atomic mass is 10.2. The van der Waals surface area contributed by atoms with E-state index in [0.717, 1.165) is 6.07 Å². The van der Waals surface area contributed by atoms with Gasteiger partial charge in [0.05, 0.1) is 4.92 Å². The number of carbonyl (C=O) groups excluding carboxylic acids is 1. The lowest BCUT2D eigenvalue weighted by Crippen LogP contribution is -2.35. The van der Waals surface area contributed by atoms with Crippen LogP contribution in [-0.2, 0) is 4.74 Å². The molecule has 0 fully saturated rings. The van der Waals surface area contributed by atoms with Gasteiger partial charge in [-0.25, -0.2) is 0 Å². The molecule has 7 nitrogen and oxygen atoms in total. The van der Waals surface area contributed by atoms with E-state index in [0.29, 0.717) is 0 Å².